The number of aromatic nitrogens is 1. The third kappa shape index (κ3) is 3.09. The second kappa shape index (κ2) is 7.13. The van der Waals surface area contributed by atoms with Crippen molar-refractivity contribution in [1.82, 2.24) is 10.3 Å². The number of nitrogens with one attached hydrogen (secondary N) is 2. The molecule has 5 heteroatoms. The van der Waals surface area contributed by atoms with E-state index in [-0.39, 0.29) is 12.0 Å². The molecule has 3 aromatic rings. The van der Waals surface area contributed by atoms with E-state index in [1.807, 2.05) is 38.1 Å². The number of esters is 1. The van der Waals surface area contributed by atoms with Crippen molar-refractivity contribution in [3.05, 3.63) is 69.8 Å². The molecule has 0 spiro atoms. The maximum absolute atomic E-state index is 13.0. The van der Waals surface area contributed by atoms with Gasteiger partial charge in [0, 0.05) is 27.5 Å². The minimum Gasteiger partial charge on any atom is -0.465 e. The van der Waals surface area contributed by atoms with Gasteiger partial charge >= 0.3 is 5.97 Å². The predicted octanol–water partition coefficient (Wildman–Crippen LogP) is 4.88. The number of carbonyl (C=O) groups is 1. The fourth-order valence-corrected chi connectivity index (χ4v) is 4.41. The van der Waals surface area contributed by atoms with Crippen molar-refractivity contribution in [3.63, 3.8) is 0 Å². The number of H-pyrrole nitrogens is 1. The molecule has 2 N–H and O–H groups in total. The highest BCUT2D eigenvalue weighted by molar-refractivity contribution is 9.10. The van der Waals surface area contributed by atoms with Gasteiger partial charge in [-0.15, -0.1) is 0 Å². The van der Waals surface area contributed by atoms with Crippen LogP contribution in [0, 0.1) is 0 Å². The van der Waals surface area contributed by atoms with Crippen LogP contribution >= 0.6 is 15.9 Å². The summed E-state index contributed by atoms with van der Waals surface area (Å²) in [5, 5.41) is 4.79. The first kappa shape index (κ1) is 18.3. The lowest BCUT2D eigenvalue weighted by molar-refractivity contribution is -0.152. The molecule has 0 saturated carbocycles. The summed E-state index contributed by atoms with van der Waals surface area (Å²) < 4.78 is 6.50. The third-order valence-corrected chi connectivity index (χ3v) is 5.98. The topological polar surface area (TPSA) is 54.1 Å². The molecule has 0 amide bonds. The van der Waals surface area contributed by atoms with Crippen molar-refractivity contribution >= 4 is 32.8 Å². The van der Waals surface area contributed by atoms with Crippen LogP contribution in [0.1, 0.15) is 43.1 Å². The van der Waals surface area contributed by atoms with Gasteiger partial charge in [0.2, 0.25) is 0 Å². The smallest absolute Gasteiger partial charge is 0.326 e. The zero-order valence-corrected chi connectivity index (χ0v) is 17.1. The van der Waals surface area contributed by atoms with Gasteiger partial charge in [-0.3, -0.25) is 10.1 Å². The highest BCUT2D eigenvalue weighted by Crippen LogP contribution is 2.40. The van der Waals surface area contributed by atoms with E-state index in [2.05, 4.69) is 50.5 Å². The molecule has 1 aliphatic heterocycles. The zero-order valence-electron chi connectivity index (χ0n) is 15.5. The van der Waals surface area contributed by atoms with E-state index < -0.39 is 5.54 Å². The van der Waals surface area contributed by atoms with Crippen LogP contribution in [-0.2, 0) is 16.0 Å². The van der Waals surface area contributed by atoms with Crippen LogP contribution in [0.15, 0.2) is 53.0 Å². The van der Waals surface area contributed by atoms with Gasteiger partial charge < -0.3 is 9.72 Å². The SMILES string of the molecule is CCOC(=O)C1(CC)Cc2c([nH]c3ccc(Br)cc23)C(c2ccccc2)N1. The Hall–Kier alpha value is -2.11. The zero-order chi connectivity index (χ0) is 19.0. The number of halogens is 1. The Morgan fingerprint density at radius 1 is 1.22 bits per heavy atom. The fourth-order valence-electron chi connectivity index (χ4n) is 4.05. The Labute approximate surface area is 167 Å². The lowest BCUT2D eigenvalue weighted by Crippen LogP contribution is -2.58. The van der Waals surface area contributed by atoms with Crippen molar-refractivity contribution in [2.75, 3.05) is 6.61 Å². The summed E-state index contributed by atoms with van der Waals surface area (Å²) in [6.07, 6.45) is 1.27. The van der Waals surface area contributed by atoms with Crippen LogP contribution in [0.3, 0.4) is 0 Å². The van der Waals surface area contributed by atoms with E-state index >= 15 is 0 Å². The quantitative estimate of drug-likeness (QED) is 0.584. The molecule has 2 aromatic carbocycles. The molecule has 0 saturated heterocycles. The Morgan fingerprint density at radius 3 is 2.70 bits per heavy atom. The van der Waals surface area contributed by atoms with Crippen molar-refractivity contribution in [3.8, 4) is 0 Å². The molecule has 4 nitrogen and oxygen atoms in total. The van der Waals surface area contributed by atoms with Crippen LogP contribution in [0.25, 0.3) is 10.9 Å². The van der Waals surface area contributed by atoms with E-state index in [1.54, 1.807) is 0 Å². The first-order valence-electron chi connectivity index (χ1n) is 9.38. The monoisotopic (exact) mass is 426 g/mol. The molecule has 2 atom stereocenters. The number of hydrogen-bond donors (Lipinski definition) is 2. The highest BCUT2D eigenvalue weighted by Gasteiger charge is 2.46. The molecule has 4 rings (SSSR count). The standard InChI is InChI=1S/C22H23BrN2O2/c1-3-22(21(26)27-4-2)13-17-16-12-15(23)10-11-18(16)24-20(17)19(25-22)14-8-6-5-7-9-14/h5-12,19,24-25H,3-4,13H2,1-2H3. The van der Waals surface area contributed by atoms with Gasteiger partial charge in [0.15, 0.2) is 0 Å². The molecule has 2 unspecified atom stereocenters. The van der Waals surface area contributed by atoms with Gasteiger partial charge in [0.1, 0.15) is 5.54 Å². The second-order valence-electron chi connectivity index (χ2n) is 7.03. The van der Waals surface area contributed by atoms with Gasteiger partial charge in [0.05, 0.1) is 12.6 Å². The minimum absolute atomic E-state index is 0.0921. The molecule has 2 heterocycles. The number of benzene rings is 2. The molecule has 1 aliphatic rings. The fraction of sp³-hybridized carbons (Fsp3) is 0.318. The molecule has 1 aromatic heterocycles. The van der Waals surface area contributed by atoms with Crippen LogP contribution in [0.4, 0.5) is 0 Å². The number of hydrogen-bond acceptors (Lipinski definition) is 3. The molecule has 0 fully saturated rings. The van der Waals surface area contributed by atoms with Crippen molar-refractivity contribution < 1.29 is 9.53 Å². The maximum atomic E-state index is 13.0. The Kier molecular flexibility index (Phi) is 4.82. The normalized spacial score (nSPS) is 21.8. The summed E-state index contributed by atoms with van der Waals surface area (Å²) in [5.74, 6) is -0.177. The molecule has 140 valence electrons. The summed E-state index contributed by atoms with van der Waals surface area (Å²) in [7, 11) is 0. The van der Waals surface area contributed by atoms with Gasteiger partial charge in [-0.05, 0) is 42.7 Å². The summed E-state index contributed by atoms with van der Waals surface area (Å²) in [6, 6.07) is 16.4. The first-order valence-corrected chi connectivity index (χ1v) is 10.2. The molecular weight excluding hydrogens is 404 g/mol. The molecular formula is C22H23BrN2O2. The lowest BCUT2D eigenvalue weighted by Gasteiger charge is -2.40. The summed E-state index contributed by atoms with van der Waals surface area (Å²) >= 11 is 3.58. The highest BCUT2D eigenvalue weighted by atomic mass is 79.9. The molecule has 0 bridgehead atoms. The molecule has 27 heavy (non-hydrogen) atoms. The van der Waals surface area contributed by atoms with E-state index in [0.29, 0.717) is 19.4 Å². The summed E-state index contributed by atoms with van der Waals surface area (Å²) in [6.45, 7) is 4.28. The molecule has 0 radical (unpaired) electrons. The van der Waals surface area contributed by atoms with Crippen LogP contribution < -0.4 is 5.32 Å². The van der Waals surface area contributed by atoms with Crippen molar-refractivity contribution in [1.29, 1.82) is 0 Å². The number of rotatable bonds is 4. The van der Waals surface area contributed by atoms with Crippen molar-refractivity contribution in [2.45, 2.75) is 38.3 Å². The Bertz CT molecular complexity index is 983. The van der Waals surface area contributed by atoms with Crippen LogP contribution in [0.5, 0.6) is 0 Å². The van der Waals surface area contributed by atoms with E-state index in [1.165, 1.54) is 5.56 Å². The maximum Gasteiger partial charge on any atom is 0.326 e. The predicted molar refractivity (Wildman–Crippen MR) is 111 cm³/mol. The third-order valence-electron chi connectivity index (χ3n) is 5.49. The average molecular weight is 427 g/mol. The van der Waals surface area contributed by atoms with Gasteiger partial charge in [-0.1, -0.05) is 53.2 Å². The van der Waals surface area contributed by atoms with Crippen LogP contribution in [-0.4, -0.2) is 23.1 Å². The summed E-state index contributed by atoms with van der Waals surface area (Å²) in [5.41, 5.74) is 3.80. The Morgan fingerprint density at radius 2 is 2.00 bits per heavy atom. The number of carbonyl (C=O) groups excluding carboxylic acids is 1. The average Bonchev–Trinajstić information content (AvgIpc) is 3.05. The largest absolute Gasteiger partial charge is 0.465 e. The van der Waals surface area contributed by atoms with E-state index in [9.17, 15) is 4.79 Å². The van der Waals surface area contributed by atoms with Gasteiger partial charge in [-0.25, -0.2) is 0 Å². The number of aromatic amines is 1. The van der Waals surface area contributed by atoms with Gasteiger partial charge in [0.25, 0.3) is 0 Å². The summed E-state index contributed by atoms with van der Waals surface area (Å²) in [4.78, 5) is 16.5. The minimum atomic E-state index is -0.735. The van der Waals surface area contributed by atoms with E-state index in [0.717, 1.165) is 26.6 Å². The first-order chi connectivity index (χ1) is 13.1. The number of fused-ring (bicyclic) bond motifs is 3. The number of ether oxygens (including phenoxy) is 1. The molecule has 0 aliphatic carbocycles. The van der Waals surface area contributed by atoms with Crippen molar-refractivity contribution in [2.24, 2.45) is 0 Å². The van der Waals surface area contributed by atoms with Gasteiger partial charge in [-0.2, -0.15) is 0 Å². The Balaban J connectivity index is 1.92. The second-order valence-corrected chi connectivity index (χ2v) is 7.94. The van der Waals surface area contributed by atoms with E-state index in [4.69, 9.17) is 4.74 Å². The van der Waals surface area contributed by atoms with Crippen LogP contribution in [0.2, 0.25) is 0 Å². The lowest BCUT2D eigenvalue weighted by atomic mass is 9.80.